The Balaban J connectivity index is 1.81. The summed E-state index contributed by atoms with van der Waals surface area (Å²) in [4.78, 5) is 17.4. The van der Waals surface area contributed by atoms with Gasteiger partial charge in [-0.2, -0.15) is 10.2 Å². The number of hydrogen-bond donors (Lipinski definition) is 1. The Morgan fingerprint density at radius 2 is 1.62 bits per heavy atom. The van der Waals surface area contributed by atoms with Crippen LogP contribution in [0.1, 0.15) is 22.7 Å². The lowest BCUT2D eigenvalue weighted by Crippen LogP contribution is -2.35. The molecular formula is C26H22N4O7. The Morgan fingerprint density at radius 1 is 0.973 bits per heavy atom. The highest BCUT2D eigenvalue weighted by molar-refractivity contribution is 5.73. The van der Waals surface area contributed by atoms with Gasteiger partial charge in [0.1, 0.15) is 22.7 Å². The van der Waals surface area contributed by atoms with Crippen LogP contribution in [0.5, 0.6) is 23.0 Å². The quantitative estimate of drug-likeness (QED) is 0.413. The number of methoxy groups -OCH3 is 4. The van der Waals surface area contributed by atoms with Crippen LogP contribution in [0.25, 0.3) is 17.5 Å². The highest BCUT2D eigenvalue weighted by Crippen LogP contribution is 2.40. The summed E-state index contributed by atoms with van der Waals surface area (Å²) in [5.74, 6) is 1.42. The number of nitrogens with two attached hydrogens (primary N) is 1. The minimum atomic E-state index is -0.736. The molecular weight excluding hydrogens is 480 g/mol. The zero-order valence-electron chi connectivity index (χ0n) is 20.4. The first-order valence-electron chi connectivity index (χ1n) is 11.0. The van der Waals surface area contributed by atoms with Gasteiger partial charge in [-0.25, -0.2) is 9.36 Å². The normalized spacial score (nSPS) is 14.5. The first-order chi connectivity index (χ1) is 17.9. The molecule has 2 N–H and O–H groups in total. The van der Waals surface area contributed by atoms with Crippen molar-refractivity contribution in [1.29, 1.82) is 5.26 Å². The van der Waals surface area contributed by atoms with Crippen LogP contribution in [0.2, 0.25) is 0 Å². The van der Waals surface area contributed by atoms with E-state index in [1.54, 1.807) is 42.5 Å². The molecule has 188 valence electrons. The number of ether oxygens (including phenoxy) is 4. The molecule has 0 spiro atoms. The number of fused-ring (bicyclic) bond motifs is 3. The van der Waals surface area contributed by atoms with E-state index in [1.165, 1.54) is 33.0 Å². The SMILES string of the molecule is COc1ccc(/C=c2\c(=O)oc3n2-c2oc(N)nc2[C@H](c2ccc(OC)c(OC)c2)C=3C#N)cc1OC. The Labute approximate surface area is 210 Å². The molecule has 0 saturated heterocycles. The average Bonchev–Trinajstić information content (AvgIpc) is 3.45. The van der Waals surface area contributed by atoms with Crippen LogP contribution in [0, 0.1) is 11.3 Å². The van der Waals surface area contributed by atoms with Gasteiger partial charge < -0.3 is 33.5 Å². The average molecular weight is 502 g/mol. The van der Waals surface area contributed by atoms with E-state index in [1.807, 2.05) is 0 Å². The number of hydrogen-bond acceptors (Lipinski definition) is 10. The smallest absolute Gasteiger partial charge is 0.362 e. The number of nitriles is 1. The van der Waals surface area contributed by atoms with E-state index in [0.717, 1.165) is 0 Å². The molecule has 1 aliphatic heterocycles. The van der Waals surface area contributed by atoms with Gasteiger partial charge >= 0.3 is 5.63 Å². The van der Waals surface area contributed by atoms with Gasteiger partial charge in [-0.05, 0) is 41.5 Å². The van der Waals surface area contributed by atoms with Gasteiger partial charge in [0.05, 0.1) is 34.4 Å². The van der Waals surface area contributed by atoms with Gasteiger partial charge in [0.2, 0.25) is 11.4 Å². The maximum absolute atomic E-state index is 13.1. The van der Waals surface area contributed by atoms with Crippen molar-refractivity contribution in [3.05, 3.63) is 74.5 Å². The van der Waals surface area contributed by atoms with E-state index in [2.05, 4.69) is 11.1 Å². The third-order valence-corrected chi connectivity index (χ3v) is 6.06. The summed E-state index contributed by atoms with van der Waals surface area (Å²) >= 11 is 0. The number of rotatable bonds is 6. The molecule has 0 radical (unpaired) electrons. The molecule has 2 aromatic heterocycles. The molecule has 0 aliphatic carbocycles. The maximum atomic E-state index is 13.1. The van der Waals surface area contributed by atoms with E-state index in [4.69, 9.17) is 33.5 Å². The van der Waals surface area contributed by atoms with E-state index in [9.17, 15) is 10.1 Å². The lowest BCUT2D eigenvalue weighted by molar-refractivity contribution is 0.354. The second-order valence-corrected chi connectivity index (χ2v) is 7.99. The van der Waals surface area contributed by atoms with Crippen molar-refractivity contribution < 1.29 is 27.8 Å². The number of aromatic nitrogens is 2. The molecule has 0 fully saturated rings. The van der Waals surface area contributed by atoms with E-state index < -0.39 is 11.5 Å². The third-order valence-electron chi connectivity index (χ3n) is 6.06. The predicted molar refractivity (Wildman–Crippen MR) is 132 cm³/mol. The Morgan fingerprint density at radius 3 is 2.27 bits per heavy atom. The van der Waals surface area contributed by atoms with Crippen molar-refractivity contribution in [3.8, 4) is 35.0 Å². The molecule has 5 rings (SSSR count). The van der Waals surface area contributed by atoms with Crippen molar-refractivity contribution in [2.75, 3.05) is 34.2 Å². The molecule has 0 unspecified atom stereocenters. The largest absolute Gasteiger partial charge is 0.493 e. The molecule has 2 aromatic carbocycles. The summed E-state index contributed by atoms with van der Waals surface area (Å²) in [7, 11) is 6.08. The zero-order chi connectivity index (χ0) is 26.3. The third kappa shape index (κ3) is 3.75. The van der Waals surface area contributed by atoms with Crippen LogP contribution in [0.3, 0.4) is 0 Å². The summed E-state index contributed by atoms with van der Waals surface area (Å²) in [5, 5.41) is 10.3. The highest BCUT2D eigenvalue weighted by Gasteiger charge is 2.36. The lowest BCUT2D eigenvalue weighted by atomic mass is 9.87. The summed E-state index contributed by atoms with van der Waals surface area (Å²) < 4.78 is 34.2. The topological polar surface area (TPSA) is 148 Å². The second-order valence-electron chi connectivity index (χ2n) is 7.99. The first kappa shape index (κ1) is 23.6. The predicted octanol–water partition coefficient (Wildman–Crippen LogP) is 1.68. The summed E-state index contributed by atoms with van der Waals surface area (Å²) in [6.07, 6.45) is 1.59. The van der Waals surface area contributed by atoms with Crippen molar-refractivity contribution in [3.63, 3.8) is 0 Å². The van der Waals surface area contributed by atoms with Gasteiger partial charge in [0.25, 0.3) is 6.01 Å². The minimum absolute atomic E-state index is 0.0164. The van der Waals surface area contributed by atoms with Crippen LogP contribution in [0.15, 0.2) is 50.0 Å². The summed E-state index contributed by atoms with van der Waals surface area (Å²) in [6.45, 7) is 0. The van der Waals surface area contributed by atoms with Crippen molar-refractivity contribution >= 4 is 17.7 Å². The molecule has 0 amide bonds. The van der Waals surface area contributed by atoms with Gasteiger partial charge in [-0.15, -0.1) is 0 Å². The number of benzene rings is 2. The fourth-order valence-corrected chi connectivity index (χ4v) is 4.41. The van der Waals surface area contributed by atoms with Crippen LogP contribution < -0.4 is 41.2 Å². The highest BCUT2D eigenvalue weighted by atomic mass is 16.5. The van der Waals surface area contributed by atoms with E-state index in [-0.39, 0.29) is 28.4 Å². The van der Waals surface area contributed by atoms with Crippen molar-refractivity contribution in [2.24, 2.45) is 0 Å². The monoisotopic (exact) mass is 502 g/mol. The zero-order valence-corrected chi connectivity index (χ0v) is 20.4. The number of nitrogen functional groups attached to an aromatic ring is 1. The van der Waals surface area contributed by atoms with Gasteiger partial charge in [0, 0.05) is 0 Å². The molecule has 1 atom stereocenters. The van der Waals surface area contributed by atoms with Crippen molar-refractivity contribution in [1.82, 2.24) is 9.55 Å². The number of nitrogens with zero attached hydrogens (tertiary/aromatic N) is 3. The van der Waals surface area contributed by atoms with Gasteiger partial charge in [-0.1, -0.05) is 12.1 Å². The molecule has 4 aromatic rings. The summed E-state index contributed by atoms with van der Waals surface area (Å²) in [5.41, 5.74) is 7.06. The van der Waals surface area contributed by atoms with Crippen LogP contribution in [-0.2, 0) is 0 Å². The molecule has 0 bridgehead atoms. The lowest BCUT2D eigenvalue weighted by Gasteiger charge is -2.20. The molecule has 11 nitrogen and oxygen atoms in total. The molecule has 11 heteroatoms. The number of anilines is 1. The first-order valence-corrected chi connectivity index (χ1v) is 11.0. The Bertz CT molecular complexity index is 1740. The summed E-state index contributed by atoms with van der Waals surface area (Å²) in [6, 6.07) is 12.4. The molecule has 37 heavy (non-hydrogen) atoms. The Kier molecular flexibility index (Phi) is 5.85. The Hall–Kier alpha value is -5.11. The molecule has 0 saturated carbocycles. The molecule has 1 aliphatic rings. The van der Waals surface area contributed by atoms with Crippen LogP contribution in [-0.4, -0.2) is 38.0 Å². The van der Waals surface area contributed by atoms with Gasteiger partial charge in [0.15, 0.2) is 23.0 Å². The number of oxazole rings is 2. The van der Waals surface area contributed by atoms with Crippen LogP contribution >= 0.6 is 0 Å². The van der Waals surface area contributed by atoms with E-state index in [0.29, 0.717) is 39.8 Å². The minimum Gasteiger partial charge on any atom is -0.493 e. The fraction of sp³-hybridized carbons (Fsp3) is 0.192. The van der Waals surface area contributed by atoms with Crippen LogP contribution in [0.4, 0.5) is 6.01 Å². The standard InChI is InChI=1S/C26H22N4O7/c1-32-17-7-5-13(10-19(17)34-3)9-16-25(31)36-23-15(12-27)21(22-24(30(16)23)37-26(28)29-22)14-6-8-18(33-2)20(11-14)35-4/h5-11,21H,1-4H3,(H2,28,29)/b16-9+/t21-/m1/s1. The second kappa shape index (κ2) is 9.16. The maximum Gasteiger partial charge on any atom is 0.362 e. The molecule has 3 heterocycles. The van der Waals surface area contributed by atoms with Crippen molar-refractivity contribution in [2.45, 2.75) is 5.92 Å². The van der Waals surface area contributed by atoms with Gasteiger partial charge in [-0.3, -0.25) is 0 Å². The fourth-order valence-electron chi connectivity index (χ4n) is 4.41. The van der Waals surface area contributed by atoms with E-state index >= 15 is 0 Å².